The van der Waals surface area contributed by atoms with Gasteiger partial charge >= 0.3 is 0 Å². The largest absolute Gasteiger partial charge is 0.337 e. The van der Waals surface area contributed by atoms with Crippen molar-refractivity contribution < 1.29 is 0 Å². The van der Waals surface area contributed by atoms with E-state index in [1.807, 2.05) is 37.3 Å². The molecule has 1 aromatic carbocycles. The molecule has 1 N–H and O–H groups in total. The molecule has 20 heavy (non-hydrogen) atoms. The Labute approximate surface area is 129 Å². The molecule has 3 rings (SSSR count). The maximum atomic E-state index is 5.97. The fourth-order valence-electron chi connectivity index (χ4n) is 1.91. The van der Waals surface area contributed by atoms with Crippen LogP contribution in [0, 0.1) is 6.92 Å². The molecule has 0 fully saturated rings. The Morgan fingerprint density at radius 1 is 1.15 bits per heavy atom. The lowest BCUT2D eigenvalue weighted by molar-refractivity contribution is 1.15. The molecule has 4 nitrogen and oxygen atoms in total. The molecule has 0 atom stereocenters. The summed E-state index contributed by atoms with van der Waals surface area (Å²) in [7, 11) is 0. The van der Waals surface area contributed by atoms with Gasteiger partial charge in [0, 0.05) is 11.1 Å². The van der Waals surface area contributed by atoms with Crippen LogP contribution in [0.5, 0.6) is 0 Å². The Bertz CT molecular complexity index is 791. The van der Waals surface area contributed by atoms with Crippen LogP contribution >= 0.6 is 27.5 Å². The number of aromatic nitrogens is 3. The van der Waals surface area contributed by atoms with Crippen LogP contribution in [0.4, 0.5) is 11.5 Å². The van der Waals surface area contributed by atoms with Gasteiger partial charge in [0.2, 0.25) is 0 Å². The van der Waals surface area contributed by atoms with Crippen molar-refractivity contribution in [2.75, 3.05) is 5.32 Å². The van der Waals surface area contributed by atoms with Gasteiger partial charge in [0.1, 0.15) is 17.3 Å². The Morgan fingerprint density at radius 3 is 2.85 bits per heavy atom. The molecule has 0 saturated carbocycles. The van der Waals surface area contributed by atoms with Gasteiger partial charge in [-0.1, -0.05) is 29.8 Å². The number of hydrogen-bond donors (Lipinski definition) is 1. The van der Waals surface area contributed by atoms with Crippen LogP contribution in [-0.2, 0) is 0 Å². The number of pyridine rings is 1. The molecular weight excluding hydrogens is 340 g/mol. The first-order valence-electron chi connectivity index (χ1n) is 5.94. The van der Waals surface area contributed by atoms with Gasteiger partial charge in [-0.05, 0) is 35.0 Å². The van der Waals surface area contributed by atoms with E-state index in [0.29, 0.717) is 15.4 Å². The molecule has 3 aromatic rings. The fourth-order valence-corrected chi connectivity index (χ4v) is 2.35. The van der Waals surface area contributed by atoms with E-state index >= 15 is 0 Å². The van der Waals surface area contributed by atoms with Gasteiger partial charge in [0.25, 0.3) is 0 Å². The average Bonchev–Trinajstić information content (AvgIpc) is 2.44. The van der Waals surface area contributed by atoms with Gasteiger partial charge in [0.05, 0.1) is 15.7 Å². The van der Waals surface area contributed by atoms with Crippen molar-refractivity contribution >= 4 is 49.9 Å². The van der Waals surface area contributed by atoms with Crippen LogP contribution in [0.2, 0.25) is 5.15 Å². The number of nitrogens with zero attached hydrogens (tertiary/aromatic N) is 3. The summed E-state index contributed by atoms with van der Waals surface area (Å²) >= 11 is 9.35. The summed E-state index contributed by atoms with van der Waals surface area (Å²) in [6.45, 7) is 1.97. The topological polar surface area (TPSA) is 50.7 Å². The summed E-state index contributed by atoms with van der Waals surface area (Å²) < 4.78 is 0.631. The standard InChI is InChI=1S/C14H10BrClN4/c1-8-5-6-9-3-2-4-10(12(9)19-8)20-14-11(15)13(16)17-7-18-14/h2-7H,1H3,(H,17,18,20). The third-order valence-electron chi connectivity index (χ3n) is 2.86. The minimum Gasteiger partial charge on any atom is -0.337 e. The molecule has 2 aromatic heterocycles. The van der Waals surface area contributed by atoms with Crippen molar-refractivity contribution in [2.45, 2.75) is 6.92 Å². The first-order chi connectivity index (χ1) is 9.65. The van der Waals surface area contributed by atoms with Crippen molar-refractivity contribution in [3.8, 4) is 0 Å². The molecule has 2 heterocycles. The molecule has 0 bridgehead atoms. The van der Waals surface area contributed by atoms with Gasteiger partial charge in [-0.15, -0.1) is 0 Å². The monoisotopic (exact) mass is 348 g/mol. The molecule has 0 aliphatic heterocycles. The number of benzene rings is 1. The fraction of sp³-hybridized carbons (Fsp3) is 0.0714. The molecule has 0 aliphatic carbocycles. The second-order valence-electron chi connectivity index (χ2n) is 4.28. The van der Waals surface area contributed by atoms with Gasteiger partial charge in [0.15, 0.2) is 0 Å². The molecule has 0 saturated heterocycles. The molecule has 0 amide bonds. The van der Waals surface area contributed by atoms with Gasteiger partial charge in [-0.3, -0.25) is 4.98 Å². The second-order valence-corrected chi connectivity index (χ2v) is 5.43. The zero-order valence-corrected chi connectivity index (χ0v) is 12.9. The number of fused-ring (bicyclic) bond motifs is 1. The zero-order chi connectivity index (χ0) is 14.1. The summed E-state index contributed by atoms with van der Waals surface area (Å²) in [4.78, 5) is 12.7. The Hall–Kier alpha value is -1.72. The minimum atomic E-state index is 0.367. The van der Waals surface area contributed by atoms with E-state index in [4.69, 9.17) is 11.6 Å². The maximum Gasteiger partial charge on any atom is 0.149 e. The highest BCUT2D eigenvalue weighted by Crippen LogP contribution is 2.30. The van der Waals surface area contributed by atoms with Crippen LogP contribution in [-0.4, -0.2) is 15.0 Å². The summed E-state index contributed by atoms with van der Waals surface area (Å²) in [6.07, 6.45) is 1.42. The Balaban J connectivity index is 2.11. The Morgan fingerprint density at radius 2 is 2.00 bits per heavy atom. The molecular formula is C14H10BrClN4. The number of nitrogens with one attached hydrogen (secondary N) is 1. The average molecular weight is 350 g/mol. The van der Waals surface area contributed by atoms with Gasteiger partial charge < -0.3 is 5.32 Å². The van der Waals surface area contributed by atoms with Gasteiger partial charge in [-0.25, -0.2) is 9.97 Å². The van der Waals surface area contributed by atoms with Crippen molar-refractivity contribution in [3.63, 3.8) is 0 Å². The normalized spacial score (nSPS) is 10.8. The number of anilines is 2. The van der Waals surface area contributed by atoms with Crippen LogP contribution < -0.4 is 5.32 Å². The van der Waals surface area contributed by atoms with Crippen molar-refractivity contribution in [1.29, 1.82) is 0 Å². The Kier molecular flexibility index (Phi) is 3.54. The smallest absolute Gasteiger partial charge is 0.149 e. The van der Waals surface area contributed by atoms with E-state index in [-0.39, 0.29) is 0 Å². The van der Waals surface area contributed by atoms with Crippen LogP contribution in [0.25, 0.3) is 10.9 Å². The summed E-state index contributed by atoms with van der Waals surface area (Å²) in [5.41, 5.74) is 2.74. The highest BCUT2D eigenvalue weighted by Gasteiger charge is 2.09. The minimum absolute atomic E-state index is 0.367. The van der Waals surface area contributed by atoms with Gasteiger partial charge in [-0.2, -0.15) is 0 Å². The maximum absolute atomic E-state index is 5.97. The number of para-hydroxylation sites is 1. The van der Waals surface area contributed by atoms with E-state index in [0.717, 1.165) is 22.3 Å². The summed E-state index contributed by atoms with van der Waals surface area (Å²) in [6, 6.07) is 9.99. The van der Waals surface area contributed by atoms with E-state index in [1.165, 1.54) is 6.33 Å². The van der Waals surface area contributed by atoms with Crippen molar-refractivity contribution in [1.82, 2.24) is 15.0 Å². The summed E-state index contributed by atoms with van der Waals surface area (Å²) in [5.74, 6) is 0.612. The highest BCUT2D eigenvalue weighted by atomic mass is 79.9. The molecule has 6 heteroatoms. The van der Waals surface area contributed by atoms with Crippen LogP contribution in [0.3, 0.4) is 0 Å². The zero-order valence-electron chi connectivity index (χ0n) is 10.6. The lowest BCUT2D eigenvalue weighted by Crippen LogP contribution is -1.98. The molecule has 0 spiro atoms. The first kappa shape index (κ1) is 13.3. The van der Waals surface area contributed by atoms with Crippen molar-refractivity contribution in [2.24, 2.45) is 0 Å². The third kappa shape index (κ3) is 2.46. The molecule has 0 radical (unpaired) electrons. The van der Waals surface area contributed by atoms with Crippen LogP contribution in [0.1, 0.15) is 5.69 Å². The highest BCUT2D eigenvalue weighted by molar-refractivity contribution is 9.10. The molecule has 100 valence electrons. The molecule has 0 aliphatic rings. The summed E-state index contributed by atoms with van der Waals surface area (Å²) in [5, 5.41) is 4.67. The predicted molar refractivity (Wildman–Crippen MR) is 84.5 cm³/mol. The van der Waals surface area contributed by atoms with E-state index in [1.54, 1.807) is 0 Å². The van der Waals surface area contributed by atoms with E-state index in [9.17, 15) is 0 Å². The molecule has 0 unspecified atom stereocenters. The van der Waals surface area contributed by atoms with E-state index in [2.05, 4.69) is 36.2 Å². The number of rotatable bonds is 2. The SMILES string of the molecule is Cc1ccc2cccc(Nc3ncnc(Cl)c3Br)c2n1. The number of aryl methyl sites for hydroxylation is 1. The quantitative estimate of drug-likeness (QED) is 0.692. The van der Waals surface area contributed by atoms with Crippen molar-refractivity contribution in [3.05, 3.63) is 52.0 Å². The number of halogens is 2. The van der Waals surface area contributed by atoms with Crippen LogP contribution in [0.15, 0.2) is 41.1 Å². The lowest BCUT2D eigenvalue weighted by Gasteiger charge is -2.10. The predicted octanol–water partition coefficient (Wildman–Crippen LogP) is 4.49. The third-order valence-corrected chi connectivity index (χ3v) is 4.13. The number of hydrogen-bond acceptors (Lipinski definition) is 4. The first-order valence-corrected chi connectivity index (χ1v) is 7.11. The van der Waals surface area contributed by atoms with E-state index < -0.39 is 0 Å². The lowest BCUT2D eigenvalue weighted by atomic mass is 10.1. The second kappa shape index (κ2) is 5.34.